The first kappa shape index (κ1) is 9.25. The minimum atomic E-state index is -1.47. The van der Waals surface area contributed by atoms with E-state index in [4.69, 9.17) is 14.6 Å². The van der Waals surface area contributed by atoms with E-state index < -0.39 is 11.8 Å². The van der Waals surface area contributed by atoms with E-state index in [0.717, 1.165) is 0 Å². The van der Waals surface area contributed by atoms with Crippen LogP contribution >= 0.6 is 11.8 Å². The standard InChI is InChI=1S/C7H10O4S/c1-12-5-2-7(6(8)9)10-3-4-11-7/h3-4H,2,5H2,1H3,(H,8,9). The largest absolute Gasteiger partial charge is 0.475 e. The molecule has 0 radical (unpaired) electrons. The Morgan fingerprint density at radius 2 is 2.17 bits per heavy atom. The van der Waals surface area contributed by atoms with Gasteiger partial charge in [-0.25, -0.2) is 4.79 Å². The SMILES string of the molecule is CSCCC1(C(=O)O)OC=CO1. The predicted octanol–water partition coefficient (Wildman–Crippen LogP) is 1.04. The van der Waals surface area contributed by atoms with Crippen LogP contribution < -0.4 is 0 Å². The van der Waals surface area contributed by atoms with Crippen LogP contribution in [0, 0.1) is 0 Å². The highest BCUT2D eigenvalue weighted by Crippen LogP contribution is 2.25. The smallest absolute Gasteiger partial charge is 0.390 e. The van der Waals surface area contributed by atoms with E-state index in [0.29, 0.717) is 12.2 Å². The third-order valence-corrected chi connectivity index (χ3v) is 2.15. The first-order chi connectivity index (χ1) is 5.71. The molecule has 1 rings (SSSR count). The van der Waals surface area contributed by atoms with E-state index in [1.807, 2.05) is 6.26 Å². The molecule has 4 nitrogen and oxygen atoms in total. The maximum Gasteiger partial charge on any atom is 0.390 e. The molecule has 5 heteroatoms. The Bertz CT molecular complexity index is 194. The molecule has 0 unspecified atom stereocenters. The Morgan fingerprint density at radius 3 is 2.58 bits per heavy atom. The first-order valence-corrected chi connectivity index (χ1v) is 4.84. The van der Waals surface area contributed by atoms with Crippen molar-refractivity contribution in [3.63, 3.8) is 0 Å². The molecule has 0 aromatic carbocycles. The van der Waals surface area contributed by atoms with Crippen LogP contribution in [0.15, 0.2) is 12.5 Å². The fraction of sp³-hybridized carbons (Fsp3) is 0.571. The van der Waals surface area contributed by atoms with Crippen molar-refractivity contribution in [1.82, 2.24) is 0 Å². The molecular formula is C7H10O4S. The summed E-state index contributed by atoms with van der Waals surface area (Å²) in [5.41, 5.74) is 0. The third kappa shape index (κ3) is 1.66. The summed E-state index contributed by atoms with van der Waals surface area (Å²) in [6, 6.07) is 0. The fourth-order valence-electron chi connectivity index (χ4n) is 0.865. The Morgan fingerprint density at radius 1 is 1.58 bits per heavy atom. The minimum Gasteiger partial charge on any atom is -0.475 e. The average molecular weight is 190 g/mol. The second kappa shape index (κ2) is 3.71. The number of hydrogen-bond acceptors (Lipinski definition) is 4. The minimum absolute atomic E-state index is 0.344. The van der Waals surface area contributed by atoms with Gasteiger partial charge in [0, 0.05) is 12.2 Å². The van der Waals surface area contributed by atoms with Gasteiger partial charge in [0.1, 0.15) is 12.5 Å². The number of carboxylic acids is 1. The molecule has 0 bridgehead atoms. The number of thioether (sulfide) groups is 1. The first-order valence-electron chi connectivity index (χ1n) is 3.44. The van der Waals surface area contributed by atoms with Crippen molar-refractivity contribution in [2.24, 2.45) is 0 Å². The van der Waals surface area contributed by atoms with Crippen LogP contribution in [0.5, 0.6) is 0 Å². The zero-order valence-corrected chi connectivity index (χ0v) is 7.47. The second-order valence-electron chi connectivity index (χ2n) is 2.31. The van der Waals surface area contributed by atoms with E-state index in [1.165, 1.54) is 12.5 Å². The van der Waals surface area contributed by atoms with Crippen molar-refractivity contribution < 1.29 is 19.4 Å². The van der Waals surface area contributed by atoms with Crippen molar-refractivity contribution in [3.8, 4) is 0 Å². The molecule has 0 aliphatic carbocycles. The highest BCUT2D eigenvalue weighted by molar-refractivity contribution is 7.98. The van der Waals surface area contributed by atoms with Gasteiger partial charge in [-0.2, -0.15) is 11.8 Å². The summed E-state index contributed by atoms with van der Waals surface area (Å²) in [5.74, 6) is -1.86. The van der Waals surface area contributed by atoms with Crippen LogP contribution in [0.3, 0.4) is 0 Å². The summed E-state index contributed by atoms with van der Waals surface area (Å²) >= 11 is 1.55. The Kier molecular flexibility index (Phi) is 2.86. The van der Waals surface area contributed by atoms with Crippen LogP contribution in [-0.2, 0) is 14.3 Å². The summed E-state index contributed by atoms with van der Waals surface area (Å²) < 4.78 is 9.78. The van der Waals surface area contributed by atoms with Crippen molar-refractivity contribution in [2.75, 3.05) is 12.0 Å². The van der Waals surface area contributed by atoms with Gasteiger partial charge in [0.05, 0.1) is 0 Å². The van der Waals surface area contributed by atoms with Gasteiger partial charge in [0.25, 0.3) is 0 Å². The number of aliphatic carboxylic acids is 1. The van der Waals surface area contributed by atoms with Crippen molar-refractivity contribution >= 4 is 17.7 Å². The maximum atomic E-state index is 10.7. The Hall–Kier alpha value is -0.840. The summed E-state index contributed by atoms with van der Waals surface area (Å²) in [5, 5.41) is 8.79. The average Bonchev–Trinajstić information content (AvgIpc) is 2.50. The summed E-state index contributed by atoms with van der Waals surface area (Å²) in [6.45, 7) is 0. The van der Waals surface area contributed by atoms with Crippen LogP contribution in [0.25, 0.3) is 0 Å². The van der Waals surface area contributed by atoms with Gasteiger partial charge in [0.15, 0.2) is 0 Å². The quantitative estimate of drug-likeness (QED) is 0.717. The lowest BCUT2D eigenvalue weighted by atomic mass is 10.2. The van der Waals surface area contributed by atoms with E-state index in [-0.39, 0.29) is 0 Å². The van der Waals surface area contributed by atoms with Gasteiger partial charge in [-0.15, -0.1) is 0 Å². The summed E-state index contributed by atoms with van der Waals surface area (Å²) in [6.07, 6.45) is 4.76. The predicted molar refractivity (Wildman–Crippen MR) is 44.7 cm³/mol. The lowest BCUT2D eigenvalue weighted by Crippen LogP contribution is -2.40. The van der Waals surface area contributed by atoms with Crippen LogP contribution in [0.1, 0.15) is 6.42 Å². The monoisotopic (exact) mass is 190 g/mol. The lowest BCUT2D eigenvalue weighted by molar-refractivity contribution is -0.195. The number of carboxylic acid groups (broad SMARTS) is 1. The molecule has 0 saturated heterocycles. The summed E-state index contributed by atoms with van der Waals surface area (Å²) in [4.78, 5) is 10.7. The van der Waals surface area contributed by atoms with Crippen molar-refractivity contribution in [3.05, 3.63) is 12.5 Å². The normalized spacial score (nSPS) is 18.4. The molecule has 1 N–H and O–H groups in total. The van der Waals surface area contributed by atoms with Gasteiger partial charge < -0.3 is 14.6 Å². The maximum absolute atomic E-state index is 10.7. The molecule has 0 atom stereocenters. The Labute approximate surface area is 74.5 Å². The van der Waals surface area contributed by atoms with Gasteiger partial charge >= 0.3 is 11.8 Å². The molecule has 0 spiro atoms. The molecule has 0 amide bonds. The fourth-order valence-corrected chi connectivity index (χ4v) is 1.34. The van der Waals surface area contributed by atoms with Crippen molar-refractivity contribution in [2.45, 2.75) is 12.2 Å². The molecule has 0 saturated carbocycles. The number of ether oxygens (including phenoxy) is 2. The van der Waals surface area contributed by atoms with E-state index in [9.17, 15) is 4.79 Å². The molecule has 0 aromatic rings. The number of hydrogen-bond donors (Lipinski definition) is 1. The van der Waals surface area contributed by atoms with Crippen LogP contribution in [-0.4, -0.2) is 28.9 Å². The van der Waals surface area contributed by atoms with E-state index in [2.05, 4.69) is 0 Å². The van der Waals surface area contributed by atoms with Crippen LogP contribution in [0.2, 0.25) is 0 Å². The van der Waals surface area contributed by atoms with Gasteiger partial charge in [-0.05, 0) is 6.26 Å². The highest BCUT2D eigenvalue weighted by Gasteiger charge is 2.44. The summed E-state index contributed by atoms with van der Waals surface area (Å²) in [7, 11) is 0. The van der Waals surface area contributed by atoms with Gasteiger partial charge in [-0.3, -0.25) is 0 Å². The molecule has 0 aromatic heterocycles. The zero-order valence-electron chi connectivity index (χ0n) is 6.65. The molecule has 12 heavy (non-hydrogen) atoms. The topological polar surface area (TPSA) is 55.8 Å². The van der Waals surface area contributed by atoms with Gasteiger partial charge in [-0.1, -0.05) is 0 Å². The number of rotatable bonds is 4. The van der Waals surface area contributed by atoms with E-state index >= 15 is 0 Å². The number of carbonyl (C=O) groups is 1. The molecular weight excluding hydrogens is 180 g/mol. The molecule has 68 valence electrons. The molecule has 0 fully saturated rings. The third-order valence-electron chi connectivity index (χ3n) is 1.53. The van der Waals surface area contributed by atoms with Crippen LogP contribution in [0.4, 0.5) is 0 Å². The second-order valence-corrected chi connectivity index (χ2v) is 3.29. The highest BCUT2D eigenvalue weighted by atomic mass is 32.2. The molecule has 1 heterocycles. The molecule has 1 aliphatic rings. The lowest BCUT2D eigenvalue weighted by Gasteiger charge is -2.21. The zero-order chi connectivity index (χ0) is 9.03. The van der Waals surface area contributed by atoms with E-state index in [1.54, 1.807) is 11.8 Å². The Balaban J connectivity index is 2.55. The van der Waals surface area contributed by atoms with Gasteiger partial charge in [0.2, 0.25) is 0 Å². The van der Waals surface area contributed by atoms with Crippen molar-refractivity contribution in [1.29, 1.82) is 0 Å². The molecule has 1 aliphatic heterocycles.